The number of piperazine rings is 1. The van der Waals surface area contributed by atoms with Gasteiger partial charge in [0.1, 0.15) is 17.3 Å². The van der Waals surface area contributed by atoms with Crippen LogP contribution in [0, 0.1) is 11.3 Å². The van der Waals surface area contributed by atoms with Crippen molar-refractivity contribution in [2.75, 3.05) is 36.0 Å². The molecule has 0 amide bonds. The maximum atomic E-state index is 10.0. The van der Waals surface area contributed by atoms with Crippen molar-refractivity contribution in [1.82, 2.24) is 14.9 Å². The van der Waals surface area contributed by atoms with E-state index in [0.717, 1.165) is 65.8 Å². The predicted molar refractivity (Wildman–Crippen MR) is 122 cm³/mol. The van der Waals surface area contributed by atoms with Gasteiger partial charge in [0.15, 0.2) is 0 Å². The summed E-state index contributed by atoms with van der Waals surface area (Å²) in [4.78, 5) is 9.39. The van der Waals surface area contributed by atoms with Gasteiger partial charge in [-0.2, -0.15) is 5.26 Å². The predicted octanol–water partition coefficient (Wildman–Crippen LogP) is 2.89. The third-order valence-electron chi connectivity index (χ3n) is 6.23. The van der Waals surface area contributed by atoms with Crippen molar-refractivity contribution in [3.8, 4) is 6.07 Å². The maximum absolute atomic E-state index is 10.0. The lowest BCUT2D eigenvalue weighted by atomic mass is 10.1. The molecule has 2 aromatic carbocycles. The van der Waals surface area contributed by atoms with E-state index < -0.39 is 0 Å². The van der Waals surface area contributed by atoms with Crippen LogP contribution < -0.4 is 15.1 Å². The van der Waals surface area contributed by atoms with Gasteiger partial charge in [0, 0.05) is 49.8 Å². The summed E-state index contributed by atoms with van der Waals surface area (Å²) in [6.07, 6.45) is 0.474. The van der Waals surface area contributed by atoms with E-state index in [9.17, 15) is 5.11 Å². The minimum absolute atomic E-state index is 0.0950. The summed E-state index contributed by atoms with van der Waals surface area (Å²) < 4.78 is 2.24. The first-order valence-corrected chi connectivity index (χ1v) is 11.0. The molecule has 0 aliphatic carbocycles. The van der Waals surface area contributed by atoms with Gasteiger partial charge < -0.3 is 24.8 Å². The number of hydrogen-bond donors (Lipinski definition) is 2. The minimum atomic E-state index is -0.0950. The van der Waals surface area contributed by atoms with Crippen LogP contribution in [-0.2, 0) is 19.7 Å². The average molecular weight is 437 g/mol. The van der Waals surface area contributed by atoms with Gasteiger partial charge in [-0.25, -0.2) is 4.98 Å². The van der Waals surface area contributed by atoms with Crippen LogP contribution in [-0.4, -0.2) is 46.9 Å². The Morgan fingerprint density at radius 3 is 2.81 bits per heavy atom. The van der Waals surface area contributed by atoms with Crippen LogP contribution in [0.3, 0.4) is 0 Å². The van der Waals surface area contributed by atoms with Gasteiger partial charge in [-0.15, -0.1) is 0 Å². The third-order valence-corrected chi connectivity index (χ3v) is 6.55. The van der Waals surface area contributed by atoms with Crippen LogP contribution in [0.5, 0.6) is 0 Å². The van der Waals surface area contributed by atoms with Crippen molar-refractivity contribution < 1.29 is 5.11 Å². The van der Waals surface area contributed by atoms with E-state index >= 15 is 0 Å². The number of benzene rings is 2. The molecule has 1 fully saturated rings. The van der Waals surface area contributed by atoms with E-state index in [0.29, 0.717) is 18.7 Å². The molecule has 2 aliphatic rings. The summed E-state index contributed by atoms with van der Waals surface area (Å²) in [6, 6.07) is 14.6. The first-order valence-electron chi connectivity index (χ1n) is 10.7. The average Bonchev–Trinajstić information content (AvgIpc) is 3.17. The molecule has 3 aromatic rings. The Kier molecular flexibility index (Phi) is 5.45. The van der Waals surface area contributed by atoms with Gasteiger partial charge in [0.2, 0.25) is 0 Å². The molecular weight excluding hydrogens is 412 g/mol. The van der Waals surface area contributed by atoms with Crippen LogP contribution in [0.1, 0.15) is 17.9 Å². The number of halogens is 1. The standard InChI is InChI=1S/C23H25ClN6O/c24-18-5-1-3-16-4-2-6-20(22(16)18)28-11-12-30-21(14-28)27-19(15-31)23(30)29-10-9-26-17(13-29)7-8-25/h1-6,17,26,31H,7,9-15H2/t17-/m0/s1. The number of imidazole rings is 1. The normalized spacial score (nSPS) is 18.8. The molecule has 0 unspecified atom stereocenters. The Bertz CT molecular complexity index is 1150. The van der Waals surface area contributed by atoms with Crippen LogP contribution >= 0.6 is 11.6 Å². The van der Waals surface area contributed by atoms with E-state index in [1.807, 2.05) is 12.1 Å². The molecule has 3 heterocycles. The zero-order chi connectivity index (χ0) is 21.4. The Hall–Kier alpha value is -2.79. The monoisotopic (exact) mass is 436 g/mol. The second-order valence-corrected chi connectivity index (χ2v) is 8.51. The van der Waals surface area contributed by atoms with E-state index in [2.05, 4.69) is 50.0 Å². The molecule has 0 spiro atoms. The highest BCUT2D eigenvalue weighted by atomic mass is 35.5. The number of nitriles is 1. The molecule has 1 saturated heterocycles. The van der Waals surface area contributed by atoms with Crippen molar-refractivity contribution in [2.45, 2.75) is 32.2 Å². The molecule has 0 bridgehead atoms. The molecule has 7 nitrogen and oxygen atoms in total. The second-order valence-electron chi connectivity index (χ2n) is 8.10. The summed E-state index contributed by atoms with van der Waals surface area (Å²) in [7, 11) is 0. The number of anilines is 2. The molecule has 2 N–H and O–H groups in total. The van der Waals surface area contributed by atoms with Crippen molar-refractivity contribution in [2.24, 2.45) is 0 Å². The lowest BCUT2D eigenvalue weighted by molar-refractivity contribution is 0.277. The Balaban J connectivity index is 1.48. The molecule has 0 saturated carbocycles. The molecule has 160 valence electrons. The second kappa shape index (κ2) is 8.39. The van der Waals surface area contributed by atoms with Crippen molar-refractivity contribution in [1.29, 1.82) is 5.26 Å². The van der Waals surface area contributed by atoms with Gasteiger partial charge in [-0.05, 0) is 17.5 Å². The zero-order valence-electron chi connectivity index (χ0n) is 17.3. The fourth-order valence-electron chi connectivity index (χ4n) is 4.84. The number of hydrogen-bond acceptors (Lipinski definition) is 6. The summed E-state index contributed by atoms with van der Waals surface area (Å²) in [6.45, 7) is 4.58. The lowest BCUT2D eigenvalue weighted by Gasteiger charge is -2.37. The van der Waals surface area contributed by atoms with E-state index in [1.165, 1.54) is 0 Å². The highest BCUT2D eigenvalue weighted by Gasteiger charge is 2.29. The highest BCUT2D eigenvalue weighted by Crippen LogP contribution is 2.36. The molecule has 8 heteroatoms. The van der Waals surface area contributed by atoms with Gasteiger partial charge in [-0.3, -0.25) is 0 Å². The van der Waals surface area contributed by atoms with Crippen LogP contribution in [0.4, 0.5) is 11.5 Å². The SMILES string of the molecule is N#CC[C@H]1CN(c2c(CO)nc3n2CCN(c2cccc4cccc(Cl)c24)C3)CCN1. The molecule has 5 rings (SSSR count). The summed E-state index contributed by atoms with van der Waals surface area (Å²) in [5.74, 6) is 1.95. The fourth-order valence-corrected chi connectivity index (χ4v) is 5.12. The third kappa shape index (κ3) is 3.61. The van der Waals surface area contributed by atoms with Crippen molar-refractivity contribution in [3.05, 3.63) is 52.9 Å². The molecule has 1 aromatic heterocycles. The maximum Gasteiger partial charge on any atom is 0.134 e. The van der Waals surface area contributed by atoms with Gasteiger partial charge in [0.05, 0.1) is 30.7 Å². The molecule has 0 radical (unpaired) electrons. The first-order chi connectivity index (χ1) is 15.2. The fraction of sp³-hybridized carbons (Fsp3) is 0.391. The lowest BCUT2D eigenvalue weighted by Crippen LogP contribution is -2.51. The summed E-state index contributed by atoms with van der Waals surface area (Å²) in [5, 5.41) is 25.5. The quantitative estimate of drug-likeness (QED) is 0.654. The number of aliphatic hydroxyl groups excluding tert-OH is 1. The largest absolute Gasteiger partial charge is 0.390 e. The highest BCUT2D eigenvalue weighted by molar-refractivity contribution is 6.36. The number of nitrogens with zero attached hydrogens (tertiary/aromatic N) is 5. The Morgan fingerprint density at radius 2 is 2.00 bits per heavy atom. The van der Waals surface area contributed by atoms with E-state index in [1.54, 1.807) is 0 Å². The van der Waals surface area contributed by atoms with Crippen molar-refractivity contribution >= 4 is 33.9 Å². The summed E-state index contributed by atoms with van der Waals surface area (Å²) >= 11 is 6.56. The minimum Gasteiger partial charge on any atom is -0.390 e. The number of aromatic nitrogens is 2. The van der Waals surface area contributed by atoms with E-state index in [-0.39, 0.29) is 12.6 Å². The van der Waals surface area contributed by atoms with Gasteiger partial charge in [0.25, 0.3) is 0 Å². The number of nitrogens with one attached hydrogen (secondary N) is 1. The number of aliphatic hydroxyl groups is 1. The smallest absolute Gasteiger partial charge is 0.134 e. The first kappa shape index (κ1) is 20.1. The molecule has 1 atom stereocenters. The Morgan fingerprint density at radius 1 is 1.16 bits per heavy atom. The summed E-state index contributed by atoms with van der Waals surface area (Å²) in [5.41, 5.74) is 1.83. The van der Waals surface area contributed by atoms with Crippen molar-refractivity contribution in [3.63, 3.8) is 0 Å². The molecule has 31 heavy (non-hydrogen) atoms. The van der Waals surface area contributed by atoms with Gasteiger partial charge in [-0.1, -0.05) is 35.9 Å². The molecular formula is C23H25ClN6O. The number of rotatable bonds is 4. The van der Waals surface area contributed by atoms with Gasteiger partial charge >= 0.3 is 0 Å². The van der Waals surface area contributed by atoms with Crippen LogP contribution in [0.15, 0.2) is 36.4 Å². The van der Waals surface area contributed by atoms with Crippen LogP contribution in [0.25, 0.3) is 10.8 Å². The zero-order valence-corrected chi connectivity index (χ0v) is 18.0. The van der Waals surface area contributed by atoms with E-state index in [4.69, 9.17) is 21.8 Å². The molecule has 2 aliphatic heterocycles. The number of fused-ring (bicyclic) bond motifs is 2. The Labute approximate surface area is 186 Å². The van der Waals surface area contributed by atoms with Crippen LogP contribution in [0.2, 0.25) is 5.02 Å². The topological polar surface area (TPSA) is 80.4 Å².